The molecule has 0 spiro atoms. The number of hydrogen-bond donors (Lipinski definition) is 6. The van der Waals surface area contributed by atoms with Crippen LogP contribution >= 0.6 is 0 Å². The van der Waals surface area contributed by atoms with Crippen molar-refractivity contribution < 1.29 is 45.0 Å². The van der Waals surface area contributed by atoms with E-state index in [0.717, 1.165) is 37.5 Å². The van der Waals surface area contributed by atoms with Crippen molar-refractivity contribution in [3.05, 3.63) is 38.0 Å². The van der Waals surface area contributed by atoms with Crippen LogP contribution < -0.4 is 0 Å². The molecule has 0 atom stereocenters. The summed E-state index contributed by atoms with van der Waals surface area (Å²) in [4.78, 5) is 27.8. The summed E-state index contributed by atoms with van der Waals surface area (Å²) in [7, 11) is 0. The van der Waals surface area contributed by atoms with Gasteiger partial charge in [0.1, 0.15) is 0 Å². The molecular formula is C18H32O9. The quantitative estimate of drug-likeness (QED) is 0.236. The van der Waals surface area contributed by atoms with Crippen LogP contribution in [0.2, 0.25) is 0 Å². The Morgan fingerprint density at radius 2 is 1.00 bits per heavy atom. The van der Waals surface area contributed by atoms with Gasteiger partial charge in [0.2, 0.25) is 0 Å². The number of aliphatic carboxylic acids is 3. The lowest BCUT2D eigenvalue weighted by Gasteiger charge is -2.26. The molecule has 158 valence electrons. The molecule has 9 nitrogen and oxygen atoms in total. The van der Waals surface area contributed by atoms with E-state index in [-0.39, 0.29) is 19.8 Å². The molecule has 0 aliphatic heterocycles. The third-order valence-electron chi connectivity index (χ3n) is 2.84. The summed E-state index contributed by atoms with van der Waals surface area (Å²) in [5.41, 5.74) is -0.658. The predicted octanol–water partition coefficient (Wildman–Crippen LogP) is 1.30. The highest BCUT2D eigenvalue weighted by molar-refractivity contribution is 5.79. The van der Waals surface area contributed by atoms with Crippen LogP contribution in [0.1, 0.15) is 32.6 Å². The minimum absolute atomic E-state index is 0.135. The minimum Gasteiger partial charge on any atom is -0.478 e. The fourth-order valence-corrected chi connectivity index (χ4v) is 1.14. The van der Waals surface area contributed by atoms with Gasteiger partial charge in [-0.2, -0.15) is 0 Å². The molecule has 0 aromatic heterocycles. The molecule has 0 unspecified atom stereocenters. The van der Waals surface area contributed by atoms with Crippen LogP contribution in [-0.4, -0.2) is 68.4 Å². The maximum atomic E-state index is 9.25. The third-order valence-corrected chi connectivity index (χ3v) is 2.84. The Labute approximate surface area is 159 Å². The van der Waals surface area contributed by atoms with Crippen molar-refractivity contribution in [2.24, 2.45) is 5.41 Å². The molecule has 6 N–H and O–H groups in total. The lowest BCUT2D eigenvalue weighted by atomic mass is 9.85. The van der Waals surface area contributed by atoms with Gasteiger partial charge in [0, 0.05) is 23.6 Å². The van der Waals surface area contributed by atoms with Gasteiger partial charge in [0.05, 0.1) is 19.8 Å². The second kappa shape index (κ2) is 23.5. The van der Waals surface area contributed by atoms with E-state index in [0.29, 0.717) is 6.42 Å². The highest BCUT2D eigenvalue weighted by atomic mass is 16.4. The molecule has 0 aromatic carbocycles. The first-order chi connectivity index (χ1) is 12.6. The molecule has 0 aliphatic rings. The van der Waals surface area contributed by atoms with E-state index in [1.165, 1.54) is 0 Å². The normalized spacial score (nSPS) is 8.89. The SMILES string of the molecule is C=CC(=O)O.C=CC(=O)O.C=CC(=O)O.CCCCCC(CO)(CO)CO. The van der Waals surface area contributed by atoms with Crippen LogP contribution in [0.5, 0.6) is 0 Å². The predicted molar refractivity (Wildman–Crippen MR) is 101 cm³/mol. The maximum absolute atomic E-state index is 9.25. The Kier molecular flexibility index (Phi) is 28.0. The Morgan fingerprint density at radius 3 is 1.15 bits per heavy atom. The van der Waals surface area contributed by atoms with E-state index in [1.807, 2.05) is 0 Å². The first kappa shape index (κ1) is 32.2. The van der Waals surface area contributed by atoms with Crippen molar-refractivity contribution >= 4 is 17.9 Å². The topological polar surface area (TPSA) is 173 Å². The van der Waals surface area contributed by atoms with Crippen molar-refractivity contribution in [1.82, 2.24) is 0 Å². The highest BCUT2D eigenvalue weighted by Crippen LogP contribution is 2.23. The molecule has 0 heterocycles. The highest BCUT2D eigenvalue weighted by Gasteiger charge is 2.26. The summed E-state index contributed by atoms with van der Waals surface area (Å²) in [6.45, 7) is 10.6. The Morgan fingerprint density at radius 1 is 0.741 bits per heavy atom. The summed E-state index contributed by atoms with van der Waals surface area (Å²) >= 11 is 0. The van der Waals surface area contributed by atoms with Crippen LogP contribution in [0.3, 0.4) is 0 Å². The Balaban J connectivity index is -0.000000147. The van der Waals surface area contributed by atoms with E-state index < -0.39 is 23.3 Å². The van der Waals surface area contributed by atoms with E-state index in [1.54, 1.807) is 0 Å². The molecule has 0 aromatic rings. The number of rotatable bonds is 10. The summed E-state index contributed by atoms with van der Waals surface area (Å²) in [5.74, 6) is -2.94. The van der Waals surface area contributed by atoms with Crippen molar-refractivity contribution in [3.8, 4) is 0 Å². The van der Waals surface area contributed by atoms with Crippen molar-refractivity contribution in [1.29, 1.82) is 0 Å². The molecular weight excluding hydrogens is 360 g/mol. The van der Waals surface area contributed by atoms with Crippen LogP contribution in [0.15, 0.2) is 38.0 Å². The van der Waals surface area contributed by atoms with Gasteiger partial charge in [0.15, 0.2) is 0 Å². The Bertz CT molecular complexity index is 375. The van der Waals surface area contributed by atoms with Crippen molar-refractivity contribution in [3.63, 3.8) is 0 Å². The number of carboxylic acids is 3. The van der Waals surface area contributed by atoms with Gasteiger partial charge in [-0.3, -0.25) is 0 Å². The number of carboxylic acid groups (broad SMARTS) is 3. The molecule has 0 fully saturated rings. The monoisotopic (exact) mass is 392 g/mol. The molecule has 0 saturated carbocycles. The van der Waals surface area contributed by atoms with Crippen LogP contribution in [0.4, 0.5) is 0 Å². The molecule has 0 radical (unpaired) electrons. The zero-order chi connectivity index (χ0) is 22.3. The van der Waals surface area contributed by atoms with E-state index in [4.69, 9.17) is 30.6 Å². The van der Waals surface area contributed by atoms with Crippen LogP contribution in [-0.2, 0) is 14.4 Å². The van der Waals surface area contributed by atoms with Gasteiger partial charge in [-0.05, 0) is 6.42 Å². The minimum atomic E-state index is -0.981. The summed E-state index contributed by atoms with van der Waals surface area (Å²) < 4.78 is 0. The van der Waals surface area contributed by atoms with Crippen LogP contribution in [0, 0.1) is 5.41 Å². The fourth-order valence-electron chi connectivity index (χ4n) is 1.14. The zero-order valence-electron chi connectivity index (χ0n) is 15.7. The molecule has 0 bridgehead atoms. The zero-order valence-corrected chi connectivity index (χ0v) is 15.7. The van der Waals surface area contributed by atoms with Gasteiger partial charge in [0.25, 0.3) is 0 Å². The van der Waals surface area contributed by atoms with Gasteiger partial charge < -0.3 is 30.6 Å². The molecule has 0 aliphatic carbocycles. The lowest BCUT2D eigenvalue weighted by Crippen LogP contribution is -2.33. The molecule has 27 heavy (non-hydrogen) atoms. The summed E-state index contributed by atoms with van der Waals surface area (Å²) in [6, 6.07) is 0. The summed E-state index contributed by atoms with van der Waals surface area (Å²) in [6.07, 6.45) is 6.35. The number of unbranched alkanes of at least 4 members (excludes halogenated alkanes) is 2. The van der Waals surface area contributed by atoms with Gasteiger partial charge >= 0.3 is 17.9 Å². The standard InChI is InChI=1S/C9H20O3.3C3H4O2/c1-2-3-4-5-9(6-10,7-11)8-12;3*1-2-3(4)5/h10-12H,2-8H2,1H3;3*2H,1H2,(H,4,5). The lowest BCUT2D eigenvalue weighted by molar-refractivity contribution is -0.132. The second-order valence-electron chi connectivity index (χ2n) is 5.06. The smallest absolute Gasteiger partial charge is 0.327 e. The third kappa shape index (κ3) is 31.7. The fraction of sp³-hybridized carbons (Fsp3) is 0.500. The van der Waals surface area contributed by atoms with E-state index in [9.17, 15) is 14.4 Å². The van der Waals surface area contributed by atoms with Gasteiger partial charge in [-0.25, -0.2) is 14.4 Å². The summed E-state index contributed by atoms with van der Waals surface area (Å²) in [5, 5.41) is 49.7. The van der Waals surface area contributed by atoms with Crippen molar-refractivity contribution in [2.75, 3.05) is 19.8 Å². The number of aliphatic hydroxyl groups excluding tert-OH is 3. The number of carbonyl (C=O) groups is 3. The van der Waals surface area contributed by atoms with E-state index >= 15 is 0 Å². The average Bonchev–Trinajstić information content (AvgIpc) is 2.67. The second-order valence-corrected chi connectivity index (χ2v) is 5.06. The first-order valence-corrected chi connectivity index (χ1v) is 7.94. The molecule has 0 rings (SSSR count). The molecule has 9 heteroatoms. The molecule has 0 saturated heterocycles. The first-order valence-electron chi connectivity index (χ1n) is 7.94. The van der Waals surface area contributed by atoms with E-state index in [2.05, 4.69) is 26.7 Å². The average molecular weight is 392 g/mol. The van der Waals surface area contributed by atoms with Gasteiger partial charge in [-0.1, -0.05) is 45.9 Å². The Hall–Kier alpha value is -2.49. The largest absolute Gasteiger partial charge is 0.478 e. The molecule has 0 amide bonds. The van der Waals surface area contributed by atoms with Gasteiger partial charge in [-0.15, -0.1) is 0 Å². The number of hydrogen-bond acceptors (Lipinski definition) is 6. The van der Waals surface area contributed by atoms with Crippen LogP contribution in [0.25, 0.3) is 0 Å². The maximum Gasteiger partial charge on any atom is 0.327 e. The number of aliphatic hydroxyl groups is 3. The van der Waals surface area contributed by atoms with Crippen molar-refractivity contribution in [2.45, 2.75) is 32.6 Å².